The monoisotopic (exact) mass is 356 g/mol. The maximum Gasteiger partial charge on any atom is 0.0572 e. The van der Waals surface area contributed by atoms with Gasteiger partial charge in [0.2, 0.25) is 0 Å². The molecule has 4 fully saturated rings. The van der Waals surface area contributed by atoms with E-state index in [1.165, 1.54) is 57.8 Å². The van der Waals surface area contributed by atoms with Crippen molar-refractivity contribution >= 4 is 0 Å². The number of ether oxygens (including phenoxy) is 1. The van der Waals surface area contributed by atoms with Gasteiger partial charge in [-0.05, 0) is 101 Å². The summed E-state index contributed by atoms with van der Waals surface area (Å²) < 4.78 is 5.48. The van der Waals surface area contributed by atoms with Crippen LogP contribution in [0.4, 0.5) is 0 Å². The van der Waals surface area contributed by atoms with Gasteiger partial charge in [0.1, 0.15) is 0 Å². The van der Waals surface area contributed by atoms with Crippen LogP contribution in [0.15, 0.2) is 0 Å². The maximum absolute atomic E-state index is 5.48. The van der Waals surface area contributed by atoms with Gasteiger partial charge >= 0.3 is 0 Å². The lowest BCUT2D eigenvalue weighted by atomic mass is 9.64. The van der Waals surface area contributed by atoms with E-state index >= 15 is 0 Å². The Morgan fingerprint density at radius 2 is 0.885 bits per heavy atom. The Bertz CT molecular complexity index is 472. The summed E-state index contributed by atoms with van der Waals surface area (Å²) in [6.07, 6.45) is 22.0. The Labute approximate surface area is 162 Å². The SMILES string of the molecule is COC1CCC(C#CC2CCC(C3CCC(C4CCC4)CC3)CC2)CC1. The van der Waals surface area contributed by atoms with Crippen LogP contribution in [0.1, 0.15) is 96.3 Å². The lowest BCUT2D eigenvalue weighted by Crippen LogP contribution is -2.30. The summed E-state index contributed by atoms with van der Waals surface area (Å²) in [6, 6.07) is 0. The second kappa shape index (κ2) is 9.14. The van der Waals surface area contributed by atoms with E-state index in [2.05, 4.69) is 11.8 Å². The van der Waals surface area contributed by atoms with Crippen molar-refractivity contribution < 1.29 is 4.74 Å². The van der Waals surface area contributed by atoms with Crippen molar-refractivity contribution in [1.82, 2.24) is 0 Å². The maximum atomic E-state index is 5.48. The standard InChI is InChI=1S/C25H40O/c1-26-25-17-9-20(10-18-25)6-5-19-7-11-22(12-8-19)24-15-13-23(14-16-24)21-3-2-4-21/h19-25H,2-4,7-18H2,1H3. The highest BCUT2D eigenvalue weighted by Gasteiger charge is 2.34. The topological polar surface area (TPSA) is 9.23 Å². The number of hydrogen-bond acceptors (Lipinski definition) is 1. The van der Waals surface area contributed by atoms with E-state index in [0.29, 0.717) is 17.9 Å². The third-order valence-electron chi connectivity index (χ3n) is 8.57. The minimum atomic E-state index is 0.503. The molecule has 0 amide bonds. The molecule has 4 aliphatic carbocycles. The Morgan fingerprint density at radius 3 is 1.27 bits per heavy atom. The quantitative estimate of drug-likeness (QED) is 0.517. The molecule has 4 rings (SSSR count). The number of rotatable bonds is 3. The summed E-state index contributed by atoms with van der Waals surface area (Å²) in [5.41, 5.74) is 0. The highest BCUT2D eigenvalue weighted by atomic mass is 16.5. The second-order valence-corrected chi connectivity index (χ2v) is 9.98. The van der Waals surface area contributed by atoms with Gasteiger partial charge in [-0.25, -0.2) is 0 Å². The van der Waals surface area contributed by atoms with Crippen LogP contribution in [0.5, 0.6) is 0 Å². The summed E-state index contributed by atoms with van der Waals surface area (Å²) in [5.74, 6) is 13.0. The smallest absolute Gasteiger partial charge is 0.0572 e. The lowest BCUT2D eigenvalue weighted by molar-refractivity contribution is 0.0636. The summed E-state index contributed by atoms with van der Waals surface area (Å²) in [7, 11) is 1.86. The molecule has 0 N–H and O–H groups in total. The minimum absolute atomic E-state index is 0.503. The molecule has 4 aliphatic rings. The van der Waals surface area contributed by atoms with Gasteiger partial charge in [-0.2, -0.15) is 0 Å². The van der Waals surface area contributed by atoms with Gasteiger partial charge in [0, 0.05) is 18.9 Å². The molecule has 0 bridgehead atoms. The molecule has 0 unspecified atom stereocenters. The van der Waals surface area contributed by atoms with Crippen molar-refractivity contribution in [3.63, 3.8) is 0 Å². The average molecular weight is 357 g/mol. The van der Waals surface area contributed by atoms with Crippen molar-refractivity contribution in [2.75, 3.05) is 7.11 Å². The first-order valence-electron chi connectivity index (χ1n) is 11.9. The van der Waals surface area contributed by atoms with E-state index in [9.17, 15) is 0 Å². The van der Waals surface area contributed by atoms with Crippen LogP contribution in [-0.2, 0) is 4.74 Å². The number of methoxy groups -OCH3 is 1. The molecule has 0 heterocycles. The van der Waals surface area contributed by atoms with Crippen molar-refractivity contribution in [2.45, 2.75) is 102 Å². The fourth-order valence-corrected chi connectivity index (χ4v) is 6.41. The normalized spacial score (nSPS) is 41.7. The predicted octanol–water partition coefficient (Wildman–Crippen LogP) is 6.61. The van der Waals surface area contributed by atoms with Crippen LogP contribution in [0.2, 0.25) is 0 Å². The molecular formula is C25H40O. The number of hydrogen-bond donors (Lipinski definition) is 0. The molecule has 4 saturated carbocycles. The van der Waals surface area contributed by atoms with Crippen molar-refractivity contribution in [1.29, 1.82) is 0 Å². The molecule has 0 aromatic carbocycles. The Balaban J connectivity index is 1.16. The molecular weight excluding hydrogens is 316 g/mol. The fraction of sp³-hybridized carbons (Fsp3) is 0.920. The van der Waals surface area contributed by atoms with E-state index in [1.54, 1.807) is 38.5 Å². The third-order valence-corrected chi connectivity index (χ3v) is 8.57. The molecule has 26 heavy (non-hydrogen) atoms. The summed E-state index contributed by atoms with van der Waals surface area (Å²) in [4.78, 5) is 0. The van der Waals surface area contributed by atoms with Gasteiger partial charge < -0.3 is 4.74 Å². The third kappa shape index (κ3) is 4.67. The van der Waals surface area contributed by atoms with Crippen molar-refractivity contribution in [3.8, 4) is 11.8 Å². The molecule has 0 aliphatic heterocycles. The van der Waals surface area contributed by atoms with E-state index in [4.69, 9.17) is 4.74 Å². The minimum Gasteiger partial charge on any atom is -0.381 e. The summed E-state index contributed by atoms with van der Waals surface area (Å²) in [6.45, 7) is 0. The zero-order valence-electron chi connectivity index (χ0n) is 17.1. The van der Waals surface area contributed by atoms with Gasteiger partial charge in [-0.1, -0.05) is 31.1 Å². The van der Waals surface area contributed by atoms with Gasteiger partial charge in [-0.3, -0.25) is 0 Å². The Hall–Kier alpha value is -0.480. The first-order valence-corrected chi connectivity index (χ1v) is 11.9. The summed E-state index contributed by atoms with van der Waals surface area (Å²) >= 11 is 0. The van der Waals surface area contributed by atoms with Gasteiger partial charge in [-0.15, -0.1) is 0 Å². The first kappa shape index (κ1) is 18.9. The molecule has 1 heteroatoms. The highest BCUT2D eigenvalue weighted by molar-refractivity contribution is 5.09. The van der Waals surface area contributed by atoms with Gasteiger partial charge in [0.25, 0.3) is 0 Å². The molecule has 0 aromatic heterocycles. The largest absolute Gasteiger partial charge is 0.381 e. The van der Waals surface area contributed by atoms with Crippen molar-refractivity contribution in [3.05, 3.63) is 0 Å². The Kier molecular flexibility index (Phi) is 6.63. The van der Waals surface area contributed by atoms with Crippen LogP contribution in [-0.4, -0.2) is 13.2 Å². The van der Waals surface area contributed by atoms with Crippen LogP contribution < -0.4 is 0 Å². The van der Waals surface area contributed by atoms with E-state index in [1.807, 2.05) is 7.11 Å². The zero-order chi connectivity index (χ0) is 17.8. The molecule has 0 atom stereocenters. The molecule has 0 spiro atoms. The fourth-order valence-electron chi connectivity index (χ4n) is 6.41. The van der Waals surface area contributed by atoms with Gasteiger partial charge in [0.05, 0.1) is 6.10 Å². The highest BCUT2D eigenvalue weighted by Crippen LogP contribution is 2.46. The molecule has 0 aromatic rings. The van der Waals surface area contributed by atoms with Crippen LogP contribution >= 0.6 is 0 Å². The molecule has 0 saturated heterocycles. The van der Waals surface area contributed by atoms with Crippen LogP contribution in [0, 0.1) is 47.3 Å². The van der Waals surface area contributed by atoms with E-state index < -0.39 is 0 Å². The predicted molar refractivity (Wildman–Crippen MR) is 109 cm³/mol. The van der Waals surface area contributed by atoms with Crippen molar-refractivity contribution in [2.24, 2.45) is 35.5 Å². The molecule has 1 nitrogen and oxygen atoms in total. The second-order valence-electron chi connectivity index (χ2n) is 9.98. The van der Waals surface area contributed by atoms with Crippen LogP contribution in [0.3, 0.4) is 0 Å². The first-order chi connectivity index (χ1) is 12.8. The van der Waals surface area contributed by atoms with E-state index in [-0.39, 0.29) is 0 Å². The average Bonchev–Trinajstić information content (AvgIpc) is 2.66. The Morgan fingerprint density at radius 1 is 0.500 bits per heavy atom. The molecule has 0 radical (unpaired) electrons. The lowest BCUT2D eigenvalue weighted by Gasteiger charge is -2.41. The zero-order valence-corrected chi connectivity index (χ0v) is 17.1. The molecule has 146 valence electrons. The van der Waals surface area contributed by atoms with Gasteiger partial charge in [0.15, 0.2) is 0 Å². The van der Waals surface area contributed by atoms with E-state index in [0.717, 1.165) is 23.7 Å². The summed E-state index contributed by atoms with van der Waals surface area (Å²) in [5, 5.41) is 0. The van der Waals surface area contributed by atoms with Crippen LogP contribution in [0.25, 0.3) is 0 Å².